The van der Waals surface area contributed by atoms with Gasteiger partial charge >= 0.3 is 0 Å². The molecule has 2 rings (SSSR count). The number of aryl methyl sites for hydroxylation is 1. The van der Waals surface area contributed by atoms with Crippen LogP contribution in [0.3, 0.4) is 0 Å². The second-order valence-electron chi connectivity index (χ2n) is 3.80. The smallest absolute Gasteiger partial charge is 0.197 e. The maximum absolute atomic E-state index is 12.1. The predicted molar refractivity (Wildman–Crippen MR) is 62.7 cm³/mol. The van der Waals surface area contributed by atoms with Crippen LogP contribution in [0.2, 0.25) is 0 Å². The number of benzene rings is 1. The van der Waals surface area contributed by atoms with Gasteiger partial charge < -0.3 is 0 Å². The van der Waals surface area contributed by atoms with Gasteiger partial charge in [0.2, 0.25) is 0 Å². The third-order valence-corrected chi connectivity index (χ3v) is 2.59. The first kappa shape index (κ1) is 11.2. The van der Waals surface area contributed by atoms with Crippen LogP contribution in [0.1, 0.15) is 15.9 Å². The minimum atomic E-state index is -0.419. The van der Waals surface area contributed by atoms with E-state index in [2.05, 4.69) is 0 Å². The summed E-state index contributed by atoms with van der Waals surface area (Å²) in [5.41, 5.74) is 1.18. The van der Waals surface area contributed by atoms with Crippen LogP contribution in [-0.4, -0.2) is 17.3 Å². The lowest BCUT2D eigenvalue weighted by atomic mass is 9.93. The lowest BCUT2D eigenvalue weighted by Gasteiger charge is -2.07. The Morgan fingerprint density at radius 1 is 1.06 bits per heavy atom. The van der Waals surface area contributed by atoms with Gasteiger partial charge in [-0.25, -0.2) is 0 Å². The minimum Gasteiger partial charge on any atom is -0.290 e. The van der Waals surface area contributed by atoms with Crippen LogP contribution in [0.4, 0.5) is 0 Å². The maximum atomic E-state index is 12.1. The number of hydrogen-bond donors (Lipinski definition) is 0. The Balaban J connectivity index is 2.43. The van der Waals surface area contributed by atoms with Gasteiger partial charge in [0.15, 0.2) is 17.3 Å². The Bertz CT molecular complexity index is 577. The number of Topliss-reactive ketones (excluding diaryl/α,β-unsaturated/α-hetero) is 1. The van der Waals surface area contributed by atoms with Gasteiger partial charge in [-0.15, -0.1) is 0 Å². The van der Waals surface area contributed by atoms with Crippen molar-refractivity contribution < 1.29 is 14.4 Å². The predicted octanol–water partition coefficient (Wildman–Crippen LogP) is 1.81. The van der Waals surface area contributed by atoms with Crippen LogP contribution in [0.5, 0.6) is 0 Å². The molecule has 84 valence electrons. The maximum Gasteiger partial charge on any atom is 0.197 e. The van der Waals surface area contributed by atoms with Gasteiger partial charge in [-0.2, -0.15) is 0 Å². The van der Waals surface area contributed by atoms with Gasteiger partial charge in [0.1, 0.15) is 0 Å². The van der Waals surface area contributed by atoms with E-state index in [9.17, 15) is 14.4 Å². The Labute approximate surface area is 98.5 Å². The van der Waals surface area contributed by atoms with E-state index in [4.69, 9.17) is 0 Å². The number of hydrogen-bond acceptors (Lipinski definition) is 3. The third-order valence-electron chi connectivity index (χ3n) is 2.59. The van der Waals surface area contributed by atoms with E-state index in [0.29, 0.717) is 5.56 Å². The van der Waals surface area contributed by atoms with Crippen molar-refractivity contribution in [1.29, 1.82) is 0 Å². The van der Waals surface area contributed by atoms with E-state index in [1.165, 1.54) is 0 Å². The van der Waals surface area contributed by atoms with Crippen molar-refractivity contribution in [3.63, 3.8) is 0 Å². The van der Waals surface area contributed by atoms with Crippen LogP contribution in [-0.2, 0) is 9.59 Å². The summed E-state index contributed by atoms with van der Waals surface area (Å²) in [5, 5.41) is 0. The summed E-state index contributed by atoms with van der Waals surface area (Å²) >= 11 is 0. The summed E-state index contributed by atoms with van der Waals surface area (Å²) in [5.74, 6) is -1.15. The lowest BCUT2D eigenvalue weighted by molar-refractivity contribution is -0.114. The Kier molecular flexibility index (Phi) is 2.83. The van der Waals surface area contributed by atoms with Crippen molar-refractivity contribution in [2.45, 2.75) is 6.92 Å². The Morgan fingerprint density at radius 2 is 1.76 bits per heavy atom. The van der Waals surface area contributed by atoms with Gasteiger partial charge in [-0.05, 0) is 24.6 Å². The van der Waals surface area contributed by atoms with Crippen LogP contribution in [0.25, 0.3) is 0 Å². The van der Waals surface area contributed by atoms with Gasteiger partial charge in [-0.1, -0.05) is 24.3 Å². The van der Waals surface area contributed by atoms with Gasteiger partial charge in [0, 0.05) is 11.6 Å². The second kappa shape index (κ2) is 4.29. The molecule has 1 aliphatic rings. The topological polar surface area (TPSA) is 51.2 Å². The normalized spacial score (nSPS) is 14.8. The molecule has 3 nitrogen and oxygen atoms in total. The molecule has 1 aromatic rings. The van der Waals surface area contributed by atoms with Crippen molar-refractivity contribution in [2.24, 2.45) is 0 Å². The molecule has 0 unspecified atom stereocenters. The molecule has 0 amide bonds. The molecule has 1 aromatic carbocycles. The first-order valence-corrected chi connectivity index (χ1v) is 5.18. The van der Waals surface area contributed by atoms with Crippen molar-refractivity contribution in [3.8, 4) is 0 Å². The standard InChI is InChI=1S/C14H10O3/c1-9-4-2-3-5-11(9)14(17)12-8-10(15)6-7-13(12)16/h2-8H,1H3. The number of carbonyl (C=O) groups is 3. The van der Waals surface area contributed by atoms with E-state index < -0.39 is 11.6 Å². The fourth-order valence-electron chi connectivity index (χ4n) is 1.66. The molecule has 0 saturated carbocycles. The molecule has 0 bridgehead atoms. The van der Waals surface area contributed by atoms with E-state index in [1.54, 1.807) is 25.1 Å². The molecule has 0 heterocycles. The van der Waals surface area contributed by atoms with E-state index in [0.717, 1.165) is 23.8 Å². The molecule has 0 aromatic heterocycles. The van der Waals surface area contributed by atoms with Crippen LogP contribution < -0.4 is 0 Å². The van der Waals surface area contributed by atoms with E-state index in [1.807, 2.05) is 6.07 Å². The molecule has 0 N–H and O–H groups in total. The zero-order valence-electron chi connectivity index (χ0n) is 9.27. The summed E-state index contributed by atoms with van der Waals surface area (Å²) < 4.78 is 0. The molecule has 0 aliphatic heterocycles. The first-order valence-electron chi connectivity index (χ1n) is 5.18. The zero-order valence-corrected chi connectivity index (χ0v) is 9.27. The van der Waals surface area contributed by atoms with Gasteiger partial charge in [0.25, 0.3) is 0 Å². The van der Waals surface area contributed by atoms with E-state index in [-0.39, 0.29) is 11.4 Å². The summed E-state index contributed by atoms with van der Waals surface area (Å²) in [6.45, 7) is 1.79. The zero-order chi connectivity index (χ0) is 12.4. The molecule has 0 radical (unpaired) electrons. The summed E-state index contributed by atoms with van der Waals surface area (Å²) in [6.07, 6.45) is 3.39. The molecule has 0 saturated heterocycles. The summed E-state index contributed by atoms with van der Waals surface area (Å²) in [7, 11) is 0. The molecule has 17 heavy (non-hydrogen) atoms. The van der Waals surface area contributed by atoms with Crippen LogP contribution >= 0.6 is 0 Å². The minimum absolute atomic E-state index is 0.0631. The molecule has 0 fully saturated rings. The second-order valence-corrected chi connectivity index (χ2v) is 3.80. The SMILES string of the molecule is Cc1ccccc1C(=O)C1=CC(=O)C=CC1=O. The highest BCUT2D eigenvalue weighted by molar-refractivity contribution is 6.34. The highest BCUT2D eigenvalue weighted by Crippen LogP contribution is 2.16. The van der Waals surface area contributed by atoms with Crippen molar-refractivity contribution in [1.82, 2.24) is 0 Å². The fourth-order valence-corrected chi connectivity index (χ4v) is 1.66. The van der Waals surface area contributed by atoms with Crippen molar-refractivity contribution >= 4 is 17.3 Å². The molecular weight excluding hydrogens is 216 g/mol. The molecule has 3 heteroatoms. The molecule has 0 spiro atoms. The third kappa shape index (κ3) is 2.13. The average Bonchev–Trinajstić information content (AvgIpc) is 2.32. The molecule has 1 aliphatic carbocycles. The highest BCUT2D eigenvalue weighted by atomic mass is 16.2. The average molecular weight is 226 g/mol. The summed E-state index contributed by atoms with van der Waals surface area (Å²) in [4.78, 5) is 34.8. The monoisotopic (exact) mass is 226 g/mol. The fraction of sp³-hybridized carbons (Fsp3) is 0.0714. The number of rotatable bonds is 2. The van der Waals surface area contributed by atoms with Gasteiger partial charge in [0.05, 0.1) is 5.57 Å². The highest BCUT2D eigenvalue weighted by Gasteiger charge is 2.22. The number of carbonyl (C=O) groups excluding carboxylic acids is 3. The Hall–Kier alpha value is -2.29. The summed E-state index contributed by atoms with van der Waals surface area (Å²) in [6, 6.07) is 6.98. The van der Waals surface area contributed by atoms with Gasteiger partial charge in [-0.3, -0.25) is 14.4 Å². The molecular formula is C14H10O3. The van der Waals surface area contributed by atoms with Crippen LogP contribution in [0.15, 0.2) is 48.1 Å². The van der Waals surface area contributed by atoms with Crippen molar-refractivity contribution in [2.75, 3.05) is 0 Å². The first-order chi connectivity index (χ1) is 8.09. The van der Waals surface area contributed by atoms with Crippen LogP contribution in [0, 0.1) is 6.92 Å². The largest absolute Gasteiger partial charge is 0.290 e. The van der Waals surface area contributed by atoms with E-state index >= 15 is 0 Å². The lowest BCUT2D eigenvalue weighted by Crippen LogP contribution is -2.17. The number of allylic oxidation sites excluding steroid dienone is 4. The van der Waals surface area contributed by atoms with Crippen molar-refractivity contribution in [3.05, 3.63) is 59.2 Å². The Morgan fingerprint density at radius 3 is 2.47 bits per heavy atom. The number of ketones is 3. The molecule has 0 atom stereocenters. The quantitative estimate of drug-likeness (QED) is 0.439.